The van der Waals surface area contributed by atoms with Crippen LogP contribution in [0.25, 0.3) is 0 Å². The summed E-state index contributed by atoms with van der Waals surface area (Å²) in [5.41, 5.74) is 2.74. The number of aryl methyl sites for hydroxylation is 1. The van der Waals surface area contributed by atoms with Crippen LogP contribution in [-0.2, 0) is 16.0 Å². The van der Waals surface area contributed by atoms with Gasteiger partial charge in [-0.2, -0.15) is 0 Å². The molecule has 0 fully saturated rings. The molecule has 5 heteroatoms. The molecule has 0 spiro atoms. The largest absolute Gasteiger partial charge is 0.449 e. The molecule has 5 nitrogen and oxygen atoms in total. The lowest BCUT2D eigenvalue weighted by Crippen LogP contribution is -2.41. The van der Waals surface area contributed by atoms with E-state index in [1.54, 1.807) is 19.1 Å². The lowest BCUT2D eigenvalue weighted by atomic mass is 10.1. The molecule has 0 unspecified atom stereocenters. The summed E-state index contributed by atoms with van der Waals surface area (Å²) in [5.74, 6) is -0.769. The van der Waals surface area contributed by atoms with Crippen LogP contribution in [0.5, 0.6) is 0 Å². The molecule has 0 aromatic heterocycles. The van der Waals surface area contributed by atoms with E-state index in [-0.39, 0.29) is 11.9 Å². The highest BCUT2D eigenvalue weighted by Crippen LogP contribution is 2.16. The van der Waals surface area contributed by atoms with Crippen molar-refractivity contribution in [1.29, 1.82) is 0 Å². The maximum Gasteiger partial charge on any atom is 0.338 e. The summed E-state index contributed by atoms with van der Waals surface area (Å²) >= 11 is 0. The van der Waals surface area contributed by atoms with Crippen molar-refractivity contribution in [3.8, 4) is 0 Å². The first-order chi connectivity index (χ1) is 13.9. The number of hydrogen-bond acceptors (Lipinski definition) is 4. The van der Waals surface area contributed by atoms with Crippen molar-refractivity contribution in [1.82, 2.24) is 5.32 Å². The van der Waals surface area contributed by atoms with E-state index in [1.807, 2.05) is 37.3 Å². The van der Waals surface area contributed by atoms with E-state index >= 15 is 0 Å². The number of carbonyl (C=O) groups excluding carboxylic acids is 2. The van der Waals surface area contributed by atoms with Crippen LogP contribution in [0.3, 0.4) is 0 Å². The van der Waals surface area contributed by atoms with Crippen molar-refractivity contribution in [2.45, 2.75) is 52.7 Å². The topological polar surface area (TPSA) is 58.6 Å². The van der Waals surface area contributed by atoms with Crippen molar-refractivity contribution in [2.24, 2.45) is 0 Å². The van der Waals surface area contributed by atoms with Gasteiger partial charge in [-0.05, 0) is 70.4 Å². The van der Waals surface area contributed by atoms with Crippen molar-refractivity contribution in [2.75, 3.05) is 18.0 Å². The number of hydrogen-bond donors (Lipinski definition) is 1. The summed E-state index contributed by atoms with van der Waals surface area (Å²) < 4.78 is 5.35. The molecule has 0 saturated heterocycles. The molecule has 0 bridgehead atoms. The molecule has 2 rings (SSSR count). The zero-order valence-corrected chi connectivity index (χ0v) is 17.9. The minimum atomic E-state index is -0.843. The Labute approximate surface area is 174 Å². The average molecular weight is 397 g/mol. The molecule has 29 heavy (non-hydrogen) atoms. The zero-order valence-electron chi connectivity index (χ0n) is 17.9. The lowest BCUT2D eigenvalue weighted by molar-refractivity contribution is -0.129. The molecule has 0 radical (unpaired) electrons. The van der Waals surface area contributed by atoms with Gasteiger partial charge in [-0.15, -0.1) is 0 Å². The highest BCUT2D eigenvalue weighted by Gasteiger charge is 2.20. The smallest absolute Gasteiger partial charge is 0.338 e. The third kappa shape index (κ3) is 6.93. The molecule has 2 atom stereocenters. The van der Waals surface area contributed by atoms with Gasteiger partial charge in [0.1, 0.15) is 0 Å². The summed E-state index contributed by atoms with van der Waals surface area (Å²) in [5, 5.41) is 2.92. The van der Waals surface area contributed by atoms with E-state index in [4.69, 9.17) is 4.74 Å². The van der Waals surface area contributed by atoms with Gasteiger partial charge >= 0.3 is 5.97 Å². The molecule has 2 aromatic rings. The number of ether oxygens (including phenoxy) is 1. The monoisotopic (exact) mass is 396 g/mol. The molecule has 0 aliphatic carbocycles. The fourth-order valence-corrected chi connectivity index (χ4v) is 3.14. The minimum absolute atomic E-state index is 0.00258. The van der Waals surface area contributed by atoms with Crippen LogP contribution in [0.1, 0.15) is 50.0 Å². The van der Waals surface area contributed by atoms with Crippen LogP contribution >= 0.6 is 0 Å². The standard InChI is InChI=1S/C24H32N2O3/c1-5-26(6-2)22-16-14-21(15-17-22)24(28)29-19(4)23(27)25-18(3)12-13-20-10-8-7-9-11-20/h7-11,14-19H,5-6,12-13H2,1-4H3,(H,25,27)/t18-,19-/m0/s1. The highest BCUT2D eigenvalue weighted by molar-refractivity contribution is 5.92. The van der Waals surface area contributed by atoms with Crippen molar-refractivity contribution in [3.63, 3.8) is 0 Å². The number of anilines is 1. The lowest BCUT2D eigenvalue weighted by Gasteiger charge is -2.21. The van der Waals surface area contributed by atoms with Gasteiger partial charge in [-0.25, -0.2) is 4.79 Å². The van der Waals surface area contributed by atoms with Gasteiger partial charge in [0, 0.05) is 24.8 Å². The molecule has 2 aromatic carbocycles. The summed E-state index contributed by atoms with van der Waals surface area (Å²) in [7, 11) is 0. The first-order valence-corrected chi connectivity index (χ1v) is 10.3. The second-order valence-electron chi connectivity index (χ2n) is 7.20. The second kappa shape index (κ2) is 11.2. The fraction of sp³-hybridized carbons (Fsp3) is 0.417. The summed E-state index contributed by atoms with van der Waals surface area (Å²) in [6, 6.07) is 17.4. The van der Waals surface area contributed by atoms with Crippen molar-refractivity contribution < 1.29 is 14.3 Å². The number of carbonyl (C=O) groups is 2. The quantitative estimate of drug-likeness (QED) is 0.611. The third-order valence-corrected chi connectivity index (χ3v) is 4.98. The molecule has 1 N–H and O–H groups in total. The van der Waals surface area contributed by atoms with E-state index in [0.717, 1.165) is 31.6 Å². The van der Waals surface area contributed by atoms with Gasteiger partial charge in [0.25, 0.3) is 5.91 Å². The minimum Gasteiger partial charge on any atom is -0.449 e. The van der Waals surface area contributed by atoms with E-state index in [0.29, 0.717) is 5.56 Å². The van der Waals surface area contributed by atoms with Crippen molar-refractivity contribution >= 4 is 17.6 Å². The van der Waals surface area contributed by atoms with Crippen LogP contribution < -0.4 is 10.2 Å². The molecule has 1 amide bonds. The van der Waals surface area contributed by atoms with E-state index in [2.05, 4.69) is 36.2 Å². The highest BCUT2D eigenvalue weighted by atomic mass is 16.5. The van der Waals surface area contributed by atoms with Crippen LogP contribution in [-0.4, -0.2) is 37.1 Å². The second-order valence-corrected chi connectivity index (χ2v) is 7.20. The van der Waals surface area contributed by atoms with Gasteiger partial charge in [-0.3, -0.25) is 4.79 Å². The Kier molecular flexibility index (Phi) is 8.71. The Morgan fingerprint density at radius 3 is 2.17 bits per heavy atom. The van der Waals surface area contributed by atoms with Crippen LogP contribution in [0, 0.1) is 0 Å². The molecule has 0 aliphatic rings. The van der Waals surface area contributed by atoms with Gasteiger partial charge in [0.2, 0.25) is 0 Å². The number of amides is 1. The van der Waals surface area contributed by atoms with Gasteiger partial charge in [-0.1, -0.05) is 30.3 Å². The number of nitrogens with one attached hydrogen (secondary N) is 1. The predicted molar refractivity (Wildman–Crippen MR) is 117 cm³/mol. The Morgan fingerprint density at radius 2 is 1.59 bits per heavy atom. The molecule has 0 heterocycles. The summed E-state index contributed by atoms with van der Waals surface area (Å²) in [6.07, 6.45) is 0.864. The number of rotatable bonds is 10. The van der Waals surface area contributed by atoms with Gasteiger partial charge < -0.3 is 15.0 Å². The fourth-order valence-electron chi connectivity index (χ4n) is 3.14. The first kappa shape index (κ1) is 22.5. The van der Waals surface area contributed by atoms with Gasteiger partial charge in [0.15, 0.2) is 6.10 Å². The Hall–Kier alpha value is -2.82. The molecular formula is C24H32N2O3. The van der Waals surface area contributed by atoms with E-state index < -0.39 is 12.1 Å². The van der Waals surface area contributed by atoms with Crippen LogP contribution in [0.15, 0.2) is 54.6 Å². The Bertz CT molecular complexity index is 770. The number of esters is 1. The maximum absolute atomic E-state index is 12.4. The van der Waals surface area contributed by atoms with Crippen LogP contribution in [0.4, 0.5) is 5.69 Å². The SMILES string of the molecule is CCN(CC)c1ccc(C(=O)O[C@@H](C)C(=O)N[C@@H](C)CCc2ccccc2)cc1. The molecular weight excluding hydrogens is 364 g/mol. The maximum atomic E-state index is 12.4. The number of benzene rings is 2. The summed E-state index contributed by atoms with van der Waals surface area (Å²) in [6.45, 7) is 9.54. The average Bonchev–Trinajstić information content (AvgIpc) is 2.74. The van der Waals surface area contributed by atoms with E-state index in [1.165, 1.54) is 5.56 Å². The van der Waals surface area contributed by atoms with Crippen LogP contribution in [0.2, 0.25) is 0 Å². The van der Waals surface area contributed by atoms with E-state index in [9.17, 15) is 9.59 Å². The van der Waals surface area contributed by atoms with Gasteiger partial charge in [0.05, 0.1) is 5.56 Å². The Morgan fingerprint density at radius 1 is 0.966 bits per heavy atom. The Balaban J connectivity index is 1.82. The molecule has 0 aliphatic heterocycles. The zero-order chi connectivity index (χ0) is 21.2. The van der Waals surface area contributed by atoms with Crippen molar-refractivity contribution in [3.05, 3.63) is 65.7 Å². The summed E-state index contributed by atoms with van der Waals surface area (Å²) in [4.78, 5) is 26.9. The first-order valence-electron chi connectivity index (χ1n) is 10.3. The molecule has 0 saturated carbocycles. The third-order valence-electron chi connectivity index (χ3n) is 4.98. The predicted octanol–water partition coefficient (Wildman–Crippen LogP) is 4.22. The normalized spacial score (nSPS) is 12.7. The number of nitrogens with zero attached hydrogens (tertiary/aromatic N) is 1. The molecule has 156 valence electrons.